The van der Waals surface area contributed by atoms with Crippen molar-refractivity contribution in [2.24, 2.45) is 5.92 Å². The predicted molar refractivity (Wildman–Crippen MR) is 40.1 cm³/mol. The van der Waals surface area contributed by atoms with E-state index in [-0.39, 0.29) is 6.10 Å². The molecule has 0 aliphatic heterocycles. The van der Waals surface area contributed by atoms with Gasteiger partial charge in [-0.1, -0.05) is 13.8 Å². The zero-order valence-electron chi connectivity index (χ0n) is 6.59. The maximum Gasteiger partial charge on any atom is 0.0512 e. The molecule has 0 saturated heterocycles. The molecule has 9 heavy (non-hydrogen) atoms. The van der Waals surface area contributed by atoms with Crippen molar-refractivity contribution in [3.63, 3.8) is 0 Å². The number of hydrogen-bond donors (Lipinski definition) is 1. The molecule has 1 atom stereocenters. The third kappa shape index (κ3) is 7.96. The number of rotatable bonds is 4. The Morgan fingerprint density at radius 3 is 2.22 bits per heavy atom. The first kappa shape index (κ1) is 8.96. The summed E-state index contributed by atoms with van der Waals surface area (Å²) in [4.78, 5) is 0. The van der Waals surface area contributed by atoms with Crippen LogP contribution < -0.4 is 0 Å². The lowest BCUT2D eigenvalue weighted by Crippen LogP contribution is -2.00. The molecule has 0 heterocycles. The largest absolute Gasteiger partial charge is 0.393 e. The van der Waals surface area contributed by atoms with Gasteiger partial charge in [-0.2, -0.15) is 0 Å². The molecule has 0 bridgehead atoms. The molecule has 0 rings (SSSR count). The van der Waals surface area contributed by atoms with Crippen LogP contribution in [-0.4, -0.2) is 11.2 Å². The summed E-state index contributed by atoms with van der Waals surface area (Å²) in [6.45, 7) is 6.14. The monoisotopic (exact) mass is 129 g/mol. The van der Waals surface area contributed by atoms with Gasteiger partial charge in [-0.15, -0.1) is 0 Å². The Hall–Kier alpha value is -0.0400. The van der Waals surface area contributed by atoms with Gasteiger partial charge in [0.15, 0.2) is 0 Å². The van der Waals surface area contributed by atoms with Crippen molar-refractivity contribution < 1.29 is 5.11 Å². The van der Waals surface area contributed by atoms with Crippen LogP contribution in [0.3, 0.4) is 0 Å². The molecule has 1 nitrogen and oxygen atoms in total. The summed E-state index contributed by atoms with van der Waals surface area (Å²) in [5.74, 6) is 0.656. The van der Waals surface area contributed by atoms with Gasteiger partial charge in [0.05, 0.1) is 6.10 Å². The highest BCUT2D eigenvalue weighted by atomic mass is 16.3. The Morgan fingerprint density at radius 2 is 1.89 bits per heavy atom. The fourth-order valence-corrected chi connectivity index (χ4v) is 0.671. The van der Waals surface area contributed by atoms with E-state index in [9.17, 15) is 0 Å². The lowest BCUT2D eigenvalue weighted by molar-refractivity contribution is 0.183. The van der Waals surface area contributed by atoms with Gasteiger partial charge >= 0.3 is 0 Å². The third-order valence-electron chi connectivity index (χ3n) is 1.22. The van der Waals surface area contributed by atoms with Crippen molar-refractivity contribution in [1.82, 2.24) is 0 Å². The van der Waals surface area contributed by atoms with Crippen LogP contribution >= 0.6 is 0 Å². The van der Waals surface area contributed by atoms with Crippen molar-refractivity contribution in [1.29, 1.82) is 0 Å². The van der Waals surface area contributed by atoms with E-state index < -0.39 is 0 Å². The molecular formula is C8H17O. The van der Waals surface area contributed by atoms with Gasteiger partial charge < -0.3 is 5.11 Å². The van der Waals surface area contributed by atoms with Crippen LogP contribution in [0.2, 0.25) is 0 Å². The molecular weight excluding hydrogens is 112 g/mol. The molecule has 0 aromatic carbocycles. The number of aliphatic hydroxyl groups excluding tert-OH is 1. The molecule has 0 aromatic rings. The summed E-state index contributed by atoms with van der Waals surface area (Å²) < 4.78 is 0. The van der Waals surface area contributed by atoms with Crippen LogP contribution in [0.5, 0.6) is 0 Å². The molecule has 0 amide bonds. The molecule has 1 unspecified atom stereocenters. The van der Waals surface area contributed by atoms with Crippen LogP contribution in [0, 0.1) is 12.3 Å². The molecule has 55 valence electrons. The Morgan fingerprint density at radius 1 is 1.33 bits per heavy atom. The van der Waals surface area contributed by atoms with E-state index in [0.29, 0.717) is 5.92 Å². The second-order valence-corrected chi connectivity index (χ2v) is 2.91. The Balaban J connectivity index is 2.91. The summed E-state index contributed by atoms with van der Waals surface area (Å²) in [5.41, 5.74) is 0. The molecule has 0 aromatic heterocycles. The minimum atomic E-state index is -0.139. The fraction of sp³-hybridized carbons (Fsp3) is 0.875. The predicted octanol–water partition coefficient (Wildman–Crippen LogP) is 2.01. The molecule has 1 radical (unpaired) electrons. The van der Waals surface area contributed by atoms with Gasteiger partial charge in [0, 0.05) is 0 Å². The van der Waals surface area contributed by atoms with Crippen LogP contribution in [0.15, 0.2) is 0 Å². The second-order valence-electron chi connectivity index (χ2n) is 2.91. The van der Waals surface area contributed by atoms with Crippen molar-refractivity contribution in [2.75, 3.05) is 0 Å². The van der Waals surface area contributed by atoms with Crippen molar-refractivity contribution in [3.05, 3.63) is 6.42 Å². The van der Waals surface area contributed by atoms with Gasteiger partial charge in [0.2, 0.25) is 0 Å². The molecule has 0 saturated carbocycles. The first-order valence-electron chi connectivity index (χ1n) is 3.64. The quantitative estimate of drug-likeness (QED) is 0.615. The van der Waals surface area contributed by atoms with E-state index in [1.165, 1.54) is 0 Å². The normalized spacial score (nSPS) is 14.3. The van der Waals surface area contributed by atoms with E-state index in [0.717, 1.165) is 12.8 Å². The summed E-state index contributed by atoms with van der Waals surface area (Å²) in [6, 6.07) is 0. The molecule has 1 heteroatoms. The van der Waals surface area contributed by atoms with Gasteiger partial charge in [-0.3, -0.25) is 0 Å². The first-order chi connectivity index (χ1) is 4.13. The summed E-state index contributed by atoms with van der Waals surface area (Å²) in [5, 5.41) is 8.85. The molecule has 1 N–H and O–H groups in total. The molecule has 0 fully saturated rings. The fourth-order valence-electron chi connectivity index (χ4n) is 0.671. The van der Waals surface area contributed by atoms with Crippen molar-refractivity contribution >= 4 is 0 Å². The van der Waals surface area contributed by atoms with E-state index in [1.54, 1.807) is 0 Å². The average Bonchev–Trinajstić information content (AvgIpc) is 1.63. The lowest BCUT2D eigenvalue weighted by atomic mass is 10.1. The second kappa shape index (κ2) is 4.80. The summed E-state index contributed by atoms with van der Waals surface area (Å²) >= 11 is 0. The average molecular weight is 129 g/mol. The zero-order valence-corrected chi connectivity index (χ0v) is 6.59. The molecule has 0 spiro atoms. The number of hydrogen-bond acceptors (Lipinski definition) is 1. The maximum atomic E-state index is 8.85. The van der Waals surface area contributed by atoms with Crippen molar-refractivity contribution in [2.45, 2.75) is 39.7 Å². The zero-order chi connectivity index (χ0) is 7.28. The Labute approximate surface area is 58.1 Å². The van der Waals surface area contributed by atoms with Gasteiger partial charge in [-0.25, -0.2) is 0 Å². The lowest BCUT2D eigenvalue weighted by Gasteiger charge is -2.04. The van der Waals surface area contributed by atoms with Crippen LogP contribution in [0.25, 0.3) is 0 Å². The van der Waals surface area contributed by atoms with Crippen LogP contribution in [-0.2, 0) is 0 Å². The topological polar surface area (TPSA) is 20.2 Å². The van der Waals surface area contributed by atoms with E-state index in [2.05, 4.69) is 20.3 Å². The van der Waals surface area contributed by atoms with Gasteiger partial charge in [0.1, 0.15) is 0 Å². The smallest absolute Gasteiger partial charge is 0.0512 e. The SMILES string of the molecule is CC(C)[CH]CCC(C)O. The summed E-state index contributed by atoms with van der Waals surface area (Å²) in [6.07, 6.45) is 4.03. The Bertz CT molecular complexity index is 49.6. The first-order valence-corrected chi connectivity index (χ1v) is 3.64. The standard InChI is InChI=1S/C8H17O/c1-7(2)5-4-6-8(3)9/h5,7-9H,4,6H2,1-3H3. The minimum Gasteiger partial charge on any atom is -0.393 e. The third-order valence-corrected chi connectivity index (χ3v) is 1.22. The molecule has 0 aliphatic rings. The van der Waals surface area contributed by atoms with E-state index >= 15 is 0 Å². The van der Waals surface area contributed by atoms with Gasteiger partial charge in [0.25, 0.3) is 0 Å². The Kier molecular flexibility index (Phi) is 4.78. The highest BCUT2D eigenvalue weighted by Crippen LogP contribution is 2.06. The van der Waals surface area contributed by atoms with Crippen LogP contribution in [0.4, 0.5) is 0 Å². The summed E-state index contributed by atoms with van der Waals surface area (Å²) in [7, 11) is 0. The highest BCUT2D eigenvalue weighted by Gasteiger charge is 1.97. The maximum absolute atomic E-state index is 8.85. The van der Waals surface area contributed by atoms with E-state index in [4.69, 9.17) is 5.11 Å². The van der Waals surface area contributed by atoms with Gasteiger partial charge in [-0.05, 0) is 32.1 Å². The van der Waals surface area contributed by atoms with E-state index in [1.807, 2.05) is 6.92 Å². The number of aliphatic hydroxyl groups is 1. The van der Waals surface area contributed by atoms with Crippen LogP contribution in [0.1, 0.15) is 33.6 Å². The minimum absolute atomic E-state index is 0.139. The highest BCUT2D eigenvalue weighted by molar-refractivity contribution is 4.69. The molecule has 0 aliphatic carbocycles. The van der Waals surface area contributed by atoms with Crippen molar-refractivity contribution in [3.8, 4) is 0 Å².